The van der Waals surface area contributed by atoms with E-state index in [1.54, 1.807) is 6.20 Å². The largest absolute Gasteiger partial charge is 0.237 e. The summed E-state index contributed by atoms with van der Waals surface area (Å²) in [4.78, 5) is 8.88. The molecule has 1 heterocycles. The Labute approximate surface area is 118 Å². The average molecular weight is 258 g/mol. The molecule has 0 aliphatic carbocycles. The van der Waals surface area contributed by atoms with Crippen LogP contribution in [0.4, 0.5) is 0 Å². The van der Waals surface area contributed by atoms with E-state index in [1.807, 2.05) is 60.7 Å². The summed E-state index contributed by atoms with van der Waals surface area (Å²) in [5, 5.41) is 0. The van der Waals surface area contributed by atoms with Crippen LogP contribution in [-0.4, -0.2) is 9.97 Å². The quantitative estimate of drug-likeness (QED) is 0.699. The van der Waals surface area contributed by atoms with Crippen LogP contribution in [0.1, 0.15) is 11.3 Å². The third kappa shape index (κ3) is 2.98. The Balaban J connectivity index is 1.87. The summed E-state index contributed by atoms with van der Waals surface area (Å²) in [6, 6.07) is 22.1. The monoisotopic (exact) mass is 258 g/mol. The van der Waals surface area contributed by atoms with E-state index in [1.165, 1.54) is 0 Å². The summed E-state index contributed by atoms with van der Waals surface area (Å²) in [6.45, 7) is 0. The zero-order valence-electron chi connectivity index (χ0n) is 11.0. The molecule has 1 aromatic heterocycles. The van der Waals surface area contributed by atoms with Crippen molar-refractivity contribution in [3.05, 3.63) is 84.2 Å². The molecule has 0 fully saturated rings. The molecule has 0 bridgehead atoms. The summed E-state index contributed by atoms with van der Waals surface area (Å²) in [5.74, 6) is 0.751. The lowest BCUT2D eigenvalue weighted by Crippen LogP contribution is -1.90. The van der Waals surface area contributed by atoms with Crippen molar-refractivity contribution in [1.29, 1.82) is 0 Å². The van der Waals surface area contributed by atoms with Gasteiger partial charge in [-0.25, -0.2) is 9.97 Å². The second-order valence-electron chi connectivity index (χ2n) is 4.42. The van der Waals surface area contributed by atoms with Crippen LogP contribution >= 0.6 is 0 Å². The molecule has 0 atom stereocenters. The summed E-state index contributed by atoms with van der Waals surface area (Å²) < 4.78 is 0. The highest BCUT2D eigenvalue weighted by Gasteiger charge is 1.99. The molecular formula is C18H14N2. The van der Waals surface area contributed by atoms with E-state index < -0.39 is 0 Å². The minimum atomic E-state index is 0.751. The first-order chi connectivity index (χ1) is 9.92. The van der Waals surface area contributed by atoms with Gasteiger partial charge in [-0.1, -0.05) is 66.7 Å². The summed E-state index contributed by atoms with van der Waals surface area (Å²) in [7, 11) is 0. The van der Waals surface area contributed by atoms with Crippen molar-refractivity contribution >= 4 is 12.2 Å². The molecule has 0 saturated carbocycles. The van der Waals surface area contributed by atoms with Crippen LogP contribution in [-0.2, 0) is 0 Å². The SMILES string of the molecule is C(=C\c1ccnc(-c2ccccc2)n1)/c1ccccc1. The fraction of sp³-hybridized carbons (Fsp3) is 0. The molecule has 0 aliphatic heterocycles. The number of hydrogen-bond acceptors (Lipinski definition) is 2. The Bertz CT molecular complexity index is 704. The first kappa shape index (κ1) is 12.3. The number of aromatic nitrogens is 2. The van der Waals surface area contributed by atoms with Crippen LogP contribution in [0.15, 0.2) is 72.9 Å². The van der Waals surface area contributed by atoms with Crippen molar-refractivity contribution in [3.63, 3.8) is 0 Å². The lowest BCUT2D eigenvalue weighted by molar-refractivity contribution is 1.16. The predicted molar refractivity (Wildman–Crippen MR) is 82.8 cm³/mol. The van der Waals surface area contributed by atoms with Gasteiger partial charge in [0.05, 0.1) is 5.69 Å². The topological polar surface area (TPSA) is 25.8 Å². The summed E-state index contributed by atoms with van der Waals surface area (Å²) in [6.07, 6.45) is 5.85. The van der Waals surface area contributed by atoms with E-state index in [-0.39, 0.29) is 0 Å². The smallest absolute Gasteiger partial charge is 0.159 e. The van der Waals surface area contributed by atoms with E-state index in [2.05, 4.69) is 28.2 Å². The zero-order valence-corrected chi connectivity index (χ0v) is 11.0. The van der Waals surface area contributed by atoms with Gasteiger partial charge >= 0.3 is 0 Å². The highest BCUT2D eigenvalue weighted by Crippen LogP contribution is 2.14. The van der Waals surface area contributed by atoms with Crippen molar-refractivity contribution in [1.82, 2.24) is 9.97 Å². The van der Waals surface area contributed by atoms with E-state index in [9.17, 15) is 0 Å². The molecule has 0 aliphatic rings. The first-order valence-electron chi connectivity index (χ1n) is 6.53. The molecule has 2 aromatic carbocycles. The van der Waals surface area contributed by atoms with Crippen LogP contribution in [0.25, 0.3) is 23.5 Å². The molecule has 3 aromatic rings. The van der Waals surface area contributed by atoms with Gasteiger partial charge < -0.3 is 0 Å². The van der Waals surface area contributed by atoms with Gasteiger partial charge in [0, 0.05) is 11.8 Å². The molecule has 0 N–H and O–H groups in total. The molecule has 0 spiro atoms. The highest BCUT2D eigenvalue weighted by atomic mass is 14.9. The Morgan fingerprint density at radius 1 is 0.700 bits per heavy atom. The average Bonchev–Trinajstić information content (AvgIpc) is 2.55. The Kier molecular flexibility index (Phi) is 3.65. The lowest BCUT2D eigenvalue weighted by Gasteiger charge is -2.00. The summed E-state index contributed by atoms with van der Waals surface area (Å²) >= 11 is 0. The summed E-state index contributed by atoms with van der Waals surface area (Å²) in [5.41, 5.74) is 3.09. The van der Waals surface area contributed by atoms with Gasteiger partial charge in [0.1, 0.15) is 0 Å². The van der Waals surface area contributed by atoms with Crippen molar-refractivity contribution in [2.45, 2.75) is 0 Å². The van der Waals surface area contributed by atoms with E-state index in [4.69, 9.17) is 0 Å². The number of nitrogens with zero attached hydrogens (tertiary/aromatic N) is 2. The molecule has 0 unspecified atom stereocenters. The predicted octanol–water partition coefficient (Wildman–Crippen LogP) is 4.31. The molecule has 20 heavy (non-hydrogen) atoms. The fourth-order valence-corrected chi connectivity index (χ4v) is 1.94. The van der Waals surface area contributed by atoms with E-state index in [0.717, 1.165) is 22.6 Å². The second-order valence-corrected chi connectivity index (χ2v) is 4.42. The molecule has 3 rings (SSSR count). The number of rotatable bonds is 3. The first-order valence-corrected chi connectivity index (χ1v) is 6.53. The maximum atomic E-state index is 4.56. The maximum Gasteiger partial charge on any atom is 0.159 e. The number of benzene rings is 2. The Morgan fingerprint density at radius 2 is 1.40 bits per heavy atom. The molecule has 2 nitrogen and oxygen atoms in total. The van der Waals surface area contributed by atoms with E-state index >= 15 is 0 Å². The van der Waals surface area contributed by atoms with Crippen LogP contribution in [0.3, 0.4) is 0 Å². The van der Waals surface area contributed by atoms with Crippen LogP contribution in [0.5, 0.6) is 0 Å². The lowest BCUT2D eigenvalue weighted by atomic mass is 10.2. The van der Waals surface area contributed by atoms with Gasteiger partial charge in [0.25, 0.3) is 0 Å². The van der Waals surface area contributed by atoms with Gasteiger partial charge in [-0.05, 0) is 17.7 Å². The van der Waals surface area contributed by atoms with Crippen molar-refractivity contribution in [2.24, 2.45) is 0 Å². The normalized spacial score (nSPS) is 10.8. The molecule has 0 amide bonds. The minimum absolute atomic E-state index is 0.751. The van der Waals surface area contributed by atoms with E-state index in [0.29, 0.717) is 0 Å². The third-order valence-corrected chi connectivity index (χ3v) is 2.96. The van der Waals surface area contributed by atoms with Gasteiger partial charge in [-0.15, -0.1) is 0 Å². The number of hydrogen-bond donors (Lipinski definition) is 0. The van der Waals surface area contributed by atoms with Crippen LogP contribution in [0, 0.1) is 0 Å². The molecule has 2 heteroatoms. The van der Waals surface area contributed by atoms with Gasteiger partial charge in [-0.3, -0.25) is 0 Å². The van der Waals surface area contributed by atoms with Crippen molar-refractivity contribution in [2.75, 3.05) is 0 Å². The molecular weight excluding hydrogens is 244 g/mol. The fourth-order valence-electron chi connectivity index (χ4n) is 1.94. The Hall–Kier alpha value is -2.74. The van der Waals surface area contributed by atoms with Gasteiger partial charge in [0.2, 0.25) is 0 Å². The van der Waals surface area contributed by atoms with Crippen molar-refractivity contribution in [3.8, 4) is 11.4 Å². The van der Waals surface area contributed by atoms with Gasteiger partial charge in [-0.2, -0.15) is 0 Å². The zero-order chi connectivity index (χ0) is 13.6. The molecule has 0 saturated heterocycles. The Morgan fingerprint density at radius 3 is 2.15 bits per heavy atom. The third-order valence-electron chi connectivity index (χ3n) is 2.96. The molecule has 0 radical (unpaired) electrons. The van der Waals surface area contributed by atoms with Gasteiger partial charge in [0.15, 0.2) is 5.82 Å². The second kappa shape index (κ2) is 5.93. The molecule has 96 valence electrons. The highest BCUT2D eigenvalue weighted by molar-refractivity contribution is 5.68. The maximum absolute atomic E-state index is 4.56. The van der Waals surface area contributed by atoms with Crippen molar-refractivity contribution < 1.29 is 0 Å². The van der Waals surface area contributed by atoms with Crippen LogP contribution in [0.2, 0.25) is 0 Å². The van der Waals surface area contributed by atoms with Crippen LogP contribution < -0.4 is 0 Å². The standard InChI is InChI=1S/C18H14N2/c1-3-7-15(8-4-1)11-12-17-13-14-19-18(20-17)16-9-5-2-6-10-16/h1-14H/b12-11+. The minimum Gasteiger partial charge on any atom is -0.237 e.